The predicted octanol–water partition coefficient (Wildman–Crippen LogP) is 6.01. The Balaban J connectivity index is 1.69. The van der Waals surface area contributed by atoms with Gasteiger partial charge in [0.05, 0.1) is 5.75 Å². The molecule has 172 valence electrons. The standard InChI is InChI=1S/C25H30Cl2N2O2S/c1-17-6-5-7-19(12-17)15-32-16-24(30)29(14-20-10-11-21(26)13-23(20)27)18(2)25(31)28-22-8-3-4-9-22/h5-7,10-13,18,22H,3-4,8-9,14-16H2,1-2H3,(H,28,31)/t18-/m1/s1. The summed E-state index contributed by atoms with van der Waals surface area (Å²) in [6, 6.07) is 13.1. The minimum Gasteiger partial charge on any atom is -0.352 e. The van der Waals surface area contributed by atoms with Crippen molar-refractivity contribution in [1.29, 1.82) is 0 Å². The summed E-state index contributed by atoms with van der Waals surface area (Å²) in [5.41, 5.74) is 3.15. The first-order valence-electron chi connectivity index (χ1n) is 11.0. The summed E-state index contributed by atoms with van der Waals surface area (Å²) in [4.78, 5) is 27.8. The van der Waals surface area contributed by atoms with Gasteiger partial charge >= 0.3 is 0 Å². The van der Waals surface area contributed by atoms with Crippen molar-refractivity contribution in [2.24, 2.45) is 0 Å². The zero-order chi connectivity index (χ0) is 23.1. The Morgan fingerprint density at radius 2 is 1.91 bits per heavy atom. The molecule has 1 saturated carbocycles. The van der Waals surface area contributed by atoms with Gasteiger partial charge in [-0.3, -0.25) is 9.59 Å². The minimum atomic E-state index is -0.589. The Bertz CT molecular complexity index is 947. The molecule has 0 unspecified atom stereocenters. The van der Waals surface area contributed by atoms with Crippen LogP contribution in [0.5, 0.6) is 0 Å². The van der Waals surface area contributed by atoms with Crippen LogP contribution in [0.15, 0.2) is 42.5 Å². The highest BCUT2D eigenvalue weighted by Crippen LogP contribution is 2.24. The molecule has 2 aromatic rings. The fraction of sp³-hybridized carbons (Fsp3) is 0.440. The molecule has 0 aliphatic heterocycles. The number of thioether (sulfide) groups is 1. The van der Waals surface area contributed by atoms with Crippen molar-refractivity contribution in [3.05, 3.63) is 69.2 Å². The quantitative estimate of drug-likeness (QED) is 0.466. The lowest BCUT2D eigenvalue weighted by atomic mass is 10.1. The van der Waals surface area contributed by atoms with Crippen LogP contribution in [-0.2, 0) is 21.9 Å². The van der Waals surface area contributed by atoms with E-state index in [-0.39, 0.29) is 24.4 Å². The van der Waals surface area contributed by atoms with E-state index in [1.54, 1.807) is 35.7 Å². The number of halogens is 2. The van der Waals surface area contributed by atoms with Crippen LogP contribution >= 0.6 is 35.0 Å². The number of hydrogen-bond acceptors (Lipinski definition) is 3. The monoisotopic (exact) mass is 492 g/mol. The lowest BCUT2D eigenvalue weighted by Gasteiger charge is -2.30. The van der Waals surface area contributed by atoms with Crippen molar-refractivity contribution < 1.29 is 9.59 Å². The van der Waals surface area contributed by atoms with Crippen molar-refractivity contribution in [2.75, 3.05) is 5.75 Å². The zero-order valence-corrected chi connectivity index (χ0v) is 20.9. The van der Waals surface area contributed by atoms with Gasteiger partial charge in [0, 0.05) is 28.4 Å². The molecule has 0 saturated heterocycles. The second-order valence-corrected chi connectivity index (χ2v) is 10.2. The number of nitrogens with zero attached hydrogens (tertiary/aromatic N) is 1. The molecule has 7 heteroatoms. The Morgan fingerprint density at radius 3 is 2.59 bits per heavy atom. The summed E-state index contributed by atoms with van der Waals surface area (Å²) in [5.74, 6) is 0.841. The Hall–Kier alpha value is -1.69. The molecule has 3 rings (SSSR count). The van der Waals surface area contributed by atoms with Gasteiger partial charge < -0.3 is 10.2 Å². The maximum absolute atomic E-state index is 13.2. The topological polar surface area (TPSA) is 49.4 Å². The van der Waals surface area contributed by atoms with Crippen molar-refractivity contribution in [3.8, 4) is 0 Å². The summed E-state index contributed by atoms with van der Waals surface area (Å²) in [6.07, 6.45) is 4.28. The Labute approximate surface area is 205 Å². The SMILES string of the molecule is Cc1cccc(CSCC(=O)N(Cc2ccc(Cl)cc2Cl)[C@H](C)C(=O)NC2CCCC2)c1. The number of amides is 2. The first kappa shape index (κ1) is 24.9. The van der Waals surface area contributed by atoms with E-state index in [1.807, 2.05) is 12.1 Å². The molecule has 2 aromatic carbocycles. The number of benzene rings is 2. The first-order chi connectivity index (χ1) is 15.3. The van der Waals surface area contributed by atoms with Crippen LogP contribution in [0.2, 0.25) is 10.0 Å². The smallest absolute Gasteiger partial charge is 0.242 e. The van der Waals surface area contributed by atoms with Crippen LogP contribution in [0.4, 0.5) is 0 Å². The van der Waals surface area contributed by atoms with E-state index in [0.717, 1.165) is 37.0 Å². The Kier molecular flexibility index (Phi) is 9.33. The third kappa shape index (κ3) is 7.16. The van der Waals surface area contributed by atoms with Gasteiger partial charge in [-0.1, -0.05) is 71.9 Å². The molecule has 1 fully saturated rings. The van der Waals surface area contributed by atoms with E-state index < -0.39 is 6.04 Å². The first-order valence-corrected chi connectivity index (χ1v) is 12.9. The van der Waals surface area contributed by atoms with Crippen LogP contribution in [-0.4, -0.2) is 34.6 Å². The highest BCUT2D eigenvalue weighted by atomic mass is 35.5. The van der Waals surface area contributed by atoms with E-state index >= 15 is 0 Å². The Morgan fingerprint density at radius 1 is 1.16 bits per heavy atom. The lowest BCUT2D eigenvalue weighted by molar-refractivity contribution is -0.138. The number of nitrogens with one attached hydrogen (secondary N) is 1. The lowest BCUT2D eigenvalue weighted by Crippen LogP contribution is -2.50. The van der Waals surface area contributed by atoms with E-state index in [1.165, 1.54) is 11.1 Å². The zero-order valence-electron chi connectivity index (χ0n) is 18.6. The van der Waals surface area contributed by atoms with Crippen LogP contribution < -0.4 is 5.32 Å². The number of carbonyl (C=O) groups excluding carboxylic acids is 2. The van der Waals surface area contributed by atoms with Crippen LogP contribution in [0.1, 0.15) is 49.3 Å². The number of carbonyl (C=O) groups is 2. The molecule has 1 atom stereocenters. The van der Waals surface area contributed by atoms with Crippen molar-refractivity contribution in [3.63, 3.8) is 0 Å². The van der Waals surface area contributed by atoms with Gasteiger partial charge in [-0.25, -0.2) is 0 Å². The maximum atomic E-state index is 13.2. The van der Waals surface area contributed by atoms with Gasteiger partial charge in [0.1, 0.15) is 6.04 Å². The highest BCUT2D eigenvalue weighted by Gasteiger charge is 2.28. The highest BCUT2D eigenvalue weighted by molar-refractivity contribution is 7.99. The number of hydrogen-bond donors (Lipinski definition) is 1. The average Bonchev–Trinajstić information content (AvgIpc) is 3.25. The van der Waals surface area contributed by atoms with Crippen LogP contribution in [0.3, 0.4) is 0 Å². The van der Waals surface area contributed by atoms with Crippen molar-refractivity contribution >= 4 is 46.8 Å². The van der Waals surface area contributed by atoms with Gasteiger partial charge in [0.25, 0.3) is 0 Å². The minimum absolute atomic E-state index is 0.0808. The third-order valence-corrected chi connectivity index (χ3v) is 7.38. The molecule has 0 heterocycles. The van der Waals surface area contributed by atoms with Crippen molar-refractivity contribution in [2.45, 2.75) is 63.9 Å². The van der Waals surface area contributed by atoms with E-state index in [2.05, 4.69) is 30.4 Å². The molecule has 1 N–H and O–H groups in total. The summed E-state index contributed by atoms with van der Waals surface area (Å²) < 4.78 is 0. The fourth-order valence-corrected chi connectivity index (χ4v) is 5.28. The van der Waals surface area contributed by atoms with E-state index in [4.69, 9.17) is 23.2 Å². The largest absolute Gasteiger partial charge is 0.352 e. The molecular weight excluding hydrogens is 463 g/mol. The van der Waals surface area contributed by atoms with E-state index in [9.17, 15) is 9.59 Å². The molecule has 0 radical (unpaired) electrons. The van der Waals surface area contributed by atoms with Gasteiger partial charge in [0.2, 0.25) is 11.8 Å². The molecule has 4 nitrogen and oxygen atoms in total. The molecule has 0 aromatic heterocycles. The van der Waals surface area contributed by atoms with Gasteiger partial charge in [-0.2, -0.15) is 0 Å². The normalized spacial score (nSPS) is 14.9. The van der Waals surface area contributed by atoms with Crippen molar-refractivity contribution in [1.82, 2.24) is 10.2 Å². The molecular formula is C25H30Cl2N2O2S. The number of aryl methyl sites for hydroxylation is 1. The van der Waals surface area contributed by atoms with Gasteiger partial charge in [-0.15, -0.1) is 11.8 Å². The van der Waals surface area contributed by atoms with Gasteiger partial charge in [-0.05, 0) is 49.9 Å². The summed E-state index contributed by atoms with van der Waals surface area (Å²) in [5, 5.41) is 4.15. The maximum Gasteiger partial charge on any atom is 0.242 e. The van der Waals surface area contributed by atoms with Gasteiger partial charge in [0.15, 0.2) is 0 Å². The summed E-state index contributed by atoms with van der Waals surface area (Å²) >= 11 is 14.0. The molecule has 32 heavy (non-hydrogen) atoms. The second-order valence-electron chi connectivity index (χ2n) is 8.41. The molecule has 1 aliphatic carbocycles. The van der Waals surface area contributed by atoms with Crippen LogP contribution in [0.25, 0.3) is 0 Å². The second kappa shape index (κ2) is 12.0. The molecule has 2 amide bonds. The molecule has 0 spiro atoms. The molecule has 0 bridgehead atoms. The van der Waals surface area contributed by atoms with Crippen LogP contribution in [0, 0.1) is 6.92 Å². The number of rotatable bonds is 9. The summed E-state index contributed by atoms with van der Waals surface area (Å²) in [6.45, 7) is 4.11. The van der Waals surface area contributed by atoms with E-state index in [0.29, 0.717) is 15.8 Å². The molecule has 1 aliphatic rings. The predicted molar refractivity (Wildman–Crippen MR) is 134 cm³/mol. The fourth-order valence-electron chi connectivity index (χ4n) is 3.95. The third-order valence-electron chi connectivity index (χ3n) is 5.80. The summed E-state index contributed by atoms with van der Waals surface area (Å²) in [7, 11) is 0. The average molecular weight is 494 g/mol.